The highest BCUT2D eigenvalue weighted by molar-refractivity contribution is 6.40. The highest BCUT2D eigenvalue weighted by Crippen LogP contribution is 1.94. The summed E-state index contributed by atoms with van der Waals surface area (Å²) in [5.41, 5.74) is 4.85. The van der Waals surface area contributed by atoms with Gasteiger partial charge in [0.2, 0.25) is 0 Å². The van der Waals surface area contributed by atoms with Crippen LogP contribution in [0.25, 0.3) is 0 Å². The van der Waals surface area contributed by atoms with Crippen LogP contribution < -0.4 is 5.73 Å². The van der Waals surface area contributed by atoms with E-state index >= 15 is 0 Å². The molecule has 5 N–H and O–H groups in total. The van der Waals surface area contributed by atoms with Crippen molar-refractivity contribution in [3.8, 4) is 0 Å². The Hall–Kier alpha value is -0.585. The molecule has 0 saturated heterocycles. The fraction of sp³-hybridized carbons (Fsp3) is 0.875. The van der Waals surface area contributed by atoms with E-state index < -0.39 is 13.1 Å². The molecule has 0 fully saturated rings. The van der Waals surface area contributed by atoms with Crippen molar-refractivity contribution >= 4 is 13.1 Å². The van der Waals surface area contributed by atoms with Crippen LogP contribution in [0.1, 0.15) is 33.6 Å². The van der Waals surface area contributed by atoms with Crippen LogP contribution in [0.15, 0.2) is 0 Å². The molecule has 0 aromatic rings. The summed E-state index contributed by atoms with van der Waals surface area (Å²) < 4.78 is 0. The Balaban J connectivity index is -0.000000147. The first-order valence-electron chi connectivity index (χ1n) is 4.67. The summed E-state index contributed by atoms with van der Waals surface area (Å²) in [6, 6.07) is 0. The smallest absolute Gasteiger partial charge is 0.451 e. The zero-order chi connectivity index (χ0) is 12.0. The van der Waals surface area contributed by atoms with Gasteiger partial charge in [-0.2, -0.15) is 0 Å². The van der Waals surface area contributed by atoms with Crippen LogP contribution in [0, 0.1) is 0 Å². The molecule has 14 heavy (non-hydrogen) atoms. The SMILES string of the molecule is CC(=O)O.CCCCB(O)O.CCN. The molecule has 0 atom stereocenters. The molecule has 0 aromatic carbocycles. The number of hydrogen-bond donors (Lipinski definition) is 4. The van der Waals surface area contributed by atoms with Gasteiger partial charge in [0.25, 0.3) is 5.97 Å². The second kappa shape index (κ2) is 18.2. The molecule has 0 aromatic heterocycles. The number of aliphatic carboxylic acids is 1. The minimum Gasteiger partial charge on any atom is -0.481 e. The van der Waals surface area contributed by atoms with Gasteiger partial charge in [-0.25, -0.2) is 0 Å². The van der Waals surface area contributed by atoms with E-state index in [1.807, 2.05) is 13.8 Å². The van der Waals surface area contributed by atoms with Crippen molar-refractivity contribution in [1.29, 1.82) is 0 Å². The Morgan fingerprint density at radius 2 is 1.64 bits per heavy atom. The van der Waals surface area contributed by atoms with Crippen molar-refractivity contribution in [1.82, 2.24) is 0 Å². The molecule has 5 nitrogen and oxygen atoms in total. The highest BCUT2D eigenvalue weighted by Gasteiger charge is 2.02. The summed E-state index contributed by atoms with van der Waals surface area (Å²) in [6.45, 7) is 5.75. The van der Waals surface area contributed by atoms with Gasteiger partial charge < -0.3 is 20.9 Å². The summed E-state index contributed by atoms with van der Waals surface area (Å²) >= 11 is 0. The van der Waals surface area contributed by atoms with Crippen LogP contribution >= 0.6 is 0 Å². The van der Waals surface area contributed by atoms with Crippen LogP contribution in [-0.4, -0.2) is 34.8 Å². The van der Waals surface area contributed by atoms with Gasteiger partial charge in [0.1, 0.15) is 0 Å². The normalized spacial score (nSPS) is 7.57. The third kappa shape index (κ3) is 106. The standard InChI is InChI=1S/C4H11BO2.C2H7N.C2H4O2/c1-2-3-4-5(6)7;1-2-3;1-2(3)4/h6-7H,2-4H2,1H3;2-3H2,1H3;1H3,(H,3,4). The maximum Gasteiger partial charge on any atom is 0.451 e. The maximum atomic E-state index is 9.00. The van der Waals surface area contributed by atoms with Gasteiger partial charge in [-0.05, 0) is 12.9 Å². The molecule has 0 bridgehead atoms. The third-order valence-corrected chi connectivity index (χ3v) is 0.816. The van der Waals surface area contributed by atoms with Gasteiger partial charge >= 0.3 is 7.12 Å². The maximum absolute atomic E-state index is 9.00. The van der Waals surface area contributed by atoms with Gasteiger partial charge in [0.05, 0.1) is 0 Å². The predicted molar refractivity (Wildman–Crippen MR) is 57.9 cm³/mol. The lowest BCUT2D eigenvalue weighted by molar-refractivity contribution is -0.134. The minimum absolute atomic E-state index is 0.510. The van der Waals surface area contributed by atoms with Gasteiger partial charge in [0.15, 0.2) is 0 Å². The second-order valence-corrected chi connectivity index (χ2v) is 2.55. The first-order chi connectivity index (χ1) is 6.42. The van der Waals surface area contributed by atoms with Crippen LogP contribution in [0.5, 0.6) is 0 Å². The van der Waals surface area contributed by atoms with Crippen molar-refractivity contribution in [2.75, 3.05) is 6.54 Å². The summed E-state index contributed by atoms with van der Waals surface area (Å²) in [7, 11) is -1.10. The van der Waals surface area contributed by atoms with Gasteiger partial charge in [0, 0.05) is 6.92 Å². The molecule has 0 spiro atoms. The Kier molecular flexibility index (Phi) is 24.8. The zero-order valence-corrected chi connectivity index (χ0v) is 9.23. The van der Waals surface area contributed by atoms with E-state index in [0.717, 1.165) is 26.3 Å². The average molecular weight is 207 g/mol. The molecule has 0 aliphatic rings. The largest absolute Gasteiger partial charge is 0.481 e. The second-order valence-electron chi connectivity index (χ2n) is 2.55. The van der Waals surface area contributed by atoms with Gasteiger partial charge in [-0.3, -0.25) is 4.79 Å². The number of carbonyl (C=O) groups is 1. The molecule has 0 saturated carbocycles. The quantitative estimate of drug-likeness (QED) is 0.499. The van der Waals surface area contributed by atoms with Crippen molar-refractivity contribution in [2.24, 2.45) is 5.73 Å². The van der Waals surface area contributed by atoms with E-state index in [4.69, 9.17) is 25.7 Å². The highest BCUT2D eigenvalue weighted by atomic mass is 16.4. The Morgan fingerprint density at radius 1 is 1.36 bits per heavy atom. The fourth-order valence-corrected chi connectivity index (χ4v) is 0.387. The number of nitrogens with two attached hydrogens (primary N) is 1. The zero-order valence-electron chi connectivity index (χ0n) is 9.23. The van der Waals surface area contributed by atoms with Crippen LogP contribution in [0.4, 0.5) is 0 Å². The molecule has 6 heteroatoms. The number of hydrogen-bond acceptors (Lipinski definition) is 4. The predicted octanol–water partition coefficient (Wildman–Crippen LogP) is 0.315. The lowest BCUT2D eigenvalue weighted by atomic mass is 9.84. The summed E-state index contributed by atoms with van der Waals surface area (Å²) in [6.07, 6.45) is 2.44. The molecule has 86 valence electrons. The number of carboxylic acids is 1. The van der Waals surface area contributed by atoms with E-state index in [2.05, 4.69) is 0 Å². The third-order valence-electron chi connectivity index (χ3n) is 0.816. The van der Waals surface area contributed by atoms with Crippen molar-refractivity contribution in [2.45, 2.75) is 39.9 Å². The van der Waals surface area contributed by atoms with E-state index in [9.17, 15) is 0 Å². The van der Waals surface area contributed by atoms with Crippen molar-refractivity contribution < 1.29 is 19.9 Å². The van der Waals surface area contributed by atoms with Gasteiger partial charge in [-0.15, -0.1) is 0 Å². The molecule has 0 heterocycles. The molecule has 0 rings (SSSR count). The fourth-order valence-electron chi connectivity index (χ4n) is 0.387. The van der Waals surface area contributed by atoms with Crippen LogP contribution in [-0.2, 0) is 4.79 Å². The average Bonchev–Trinajstić information content (AvgIpc) is 2.01. The Labute approximate surface area is 86.1 Å². The summed E-state index contributed by atoms with van der Waals surface area (Å²) in [4.78, 5) is 9.00. The van der Waals surface area contributed by atoms with Gasteiger partial charge in [-0.1, -0.05) is 26.7 Å². The molecule has 0 aliphatic heterocycles. The Bertz CT molecular complexity index is 108. The van der Waals surface area contributed by atoms with Crippen molar-refractivity contribution in [3.63, 3.8) is 0 Å². The van der Waals surface area contributed by atoms with Crippen LogP contribution in [0.2, 0.25) is 6.32 Å². The molecule has 0 unspecified atom stereocenters. The summed E-state index contributed by atoms with van der Waals surface area (Å²) in [5, 5.41) is 23.9. The van der Waals surface area contributed by atoms with E-state index in [-0.39, 0.29) is 0 Å². The summed E-state index contributed by atoms with van der Waals surface area (Å²) in [5.74, 6) is -0.833. The Morgan fingerprint density at radius 3 is 1.71 bits per heavy atom. The van der Waals surface area contributed by atoms with E-state index in [1.54, 1.807) is 0 Å². The molecule has 0 amide bonds. The molecule has 0 aliphatic carbocycles. The first kappa shape index (κ1) is 19.1. The van der Waals surface area contributed by atoms with E-state index in [1.165, 1.54) is 0 Å². The lowest BCUT2D eigenvalue weighted by Crippen LogP contribution is -2.08. The number of carboxylic acid groups (broad SMARTS) is 1. The van der Waals surface area contributed by atoms with Crippen LogP contribution in [0.3, 0.4) is 0 Å². The molecular formula is C8H22BNO4. The van der Waals surface area contributed by atoms with E-state index in [0.29, 0.717) is 6.32 Å². The number of unbranched alkanes of at least 4 members (excludes halogenated alkanes) is 1. The van der Waals surface area contributed by atoms with Crippen molar-refractivity contribution in [3.05, 3.63) is 0 Å². The molecular weight excluding hydrogens is 185 g/mol. The number of rotatable bonds is 3. The monoisotopic (exact) mass is 207 g/mol. The topological polar surface area (TPSA) is 104 Å². The molecule has 0 radical (unpaired) electrons. The minimum atomic E-state index is -1.10. The first-order valence-corrected chi connectivity index (χ1v) is 4.67. The lowest BCUT2D eigenvalue weighted by Gasteiger charge is -1.91.